The number of rotatable bonds is 3. The fourth-order valence-electron chi connectivity index (χ4n) is 3.92. The van der Waals surface area contributed by atoms with E-state index in [1.165, 1.54) is 47.9 Å². The van der Waals surface area contributed by atoms with Crippen molar-refractivity contribution in [3.63, 3.8) is 0 Å². The molecule has 0 amide bonds. The van der Waals surface area contributed by atoms with Crippen molar-refractivity contribution in [3.05, 3.63) is 53.6 Å². The number of benzene rings is 2. The van der Waals surface area contributed by atoms with Gasteiger partial charge in [0.25, 0.3) is 0 Å². The summed E-state index contributed by atoms with van der Waals surface area (Å²) in [5.74, 6) is 1.79. The van der Waals surface area contributed by atoms with Gasteiger partial charge in [-0.2, -0.15) is 0 Å². The second-order valence-corrected chi connectivity index (χ2v) is 6.58. The zero-order valence-corrected chi connectivity index (χ0v) is 12.9. The summed E-state index contributed by atoms with van der Waals surface area (Å²) in [7, 11) is 0. The van der Waals surface area contributed by atoms with E-state index in [4.69, 9.17) is 10.5 Å². The molecular formula is C20H23NO. The highest BCUT2D eigenvalue weighted by Crippen LogP contribution is 2.43. The lowest BCUT2D eigenvalue weighted by Gasteiger charge is -2.16. The van der Waals surface area contributed by atoms with Crippen molar-refractivity contribution >= 4 is 0 Å². The average molecular weight is 293 g/mol. The molecule has 1 atom stereocenters. The molecule has 4 rings (SSSR count). The molecule has 1 saturated carbocycles. The molecule has 2 N–H and O–H groups in total. The maximum absolute atomic E-state index is 6.13. The quantitative estimate of drug-likeness (QED) is 0.917. The minimum Gasteiger partial charge on any atom is -0.488 e. The standard InChI is InChI=1S/C20H23NO/c21-13-18-11-17-10-16(14-6-4-5-7-14)12-19(20(17)22-18)15-8-2-1-3-9-15/h1-3,8-10,12,14,18H,4-7,11,13,21H2. The van der Waals surface area contributed by atoms with Gasteiger partial charge in [0, 0.05) is 18.5 Å². The Balaban J connectivity index is 1.81. The third-order valence-electron chi connectivity index (χ3n) is 5.09. The predicted molar refractivity (Wildman–Crippen MR) is 90.3 cm³/mol. The number of nitrogens with two attached hydrogens (primary N) is 1. The summed E-state index contributed by atoms with van der Waals surface area (Å²) in [5, 5.41) is 0. The van der Waals surface area contributed by atoms with E-state index in [0.717, 1.165) is 18.1 Å². The summed E-state index contributed by atoms with van der Waals surface area (Å²) < 4.78 is 6.13. The molecule has 2 heteroatoms. The van der Waals surface area contributed by atoms with Gasteiger partial charge in [-0.15, -0.1) is 0 Å². The Kier molecular flexibility index (Phi) is 3.63. The van der Waals surface area contributed by atoms with Crippen molar-refractivity contribution < 1.29 is 4.74 Å². The molecule has 0 aromatic heterocycles. The highest BCUT2D eigenvalue weighted by molar-refractivity contribution is 5.74. The molecule has 1 fully saturated rings. The Labute approximate surface area is 132 Å². The van der Waals surface area contributed by atoms with Gasteiger partial charge in [-0.05, 0) is 41.5 Å². The predicted octanol–water partition coefficient (Wildman–Crippen LogP) is 4.27. The molecule has 2 aromatic carbocycles. The van der Waals surface area contributed by atoms with Crippen LogP contribution in [0.5, 0.6) is 5.75 Å². The molecular weight excluding hydrogens is 270 g/mol. The van der Waals surface area contributed by atoms with Crippen LogP contribution in [0.3, 0.4) is 0 Å². The average Bonchev–Trinajstić information content (AvgIpc) is 3.23. The zero-order chi connectivity index (χ0) is 14.9. The van der Waals surface area contributed by atoms with Gasteiger partial charge in [0.05, 0.1) is 0 Å². The molecule has 1 aliphatic heterocycles. The van der Waals surface area contributed by atoms with Gasteiger partial charge >= 0.3 is 0 Å². The van der Waals surface area contributed by atoms with Gasteiger partial charge in [0.1, 0.15) is 11.9 Å². The van der Waals surface area contributed by atoms with Crippen molar-refractivity contribution in [2.45, 2.75) is 44.1 Å². The van der Waals surface area contributed by atoms with Crippen LogP contribution in [0.2, 0.25) is 0 Å². The fourth-order valence-corrected chi connectivity index (χ4v) is 3.92. The van der Waals surface area contributed by atoms with Crippen molar-refractivity contribution in [2.24, 2.45) is 5.73 Å². The SMILES string of the molecule is NCC1Cc2cc(C3CCCC3)cc(-c3ccccc3)c2O1. The highest BCUT2D eigenvalue weighted by Gasteiger charge is 2.28. The van der Waals surface area contributed by atoms with E-state index >= 15 is 0 Å². The molecule has 1 unspecified atom stereocenters. The smallest absolute Gasteiger partial charge is 0.130 e. The van der Waals surface area contributed by atoms with E-state index in [2.05, 4.69) is 42.5 Å². The molecule has 22 heavy (non-hydrogen) atoms. The first-order valence-corrected chi connectivity index (χ1v) is 8.44. The first-order chi connectivity index (χ1) is 10.8. The lowest BCUT2D eigenvalue weighted by atomic mass is 9.90. The summed E-state index contributed by atoms with van der Waals surface area (Å²) >= 11 is 0. The highest BCUT2D eigenvalue weighted by atomic mass is 16.5. The normalized spacial score (nSPS) is 20.9. The minimum absolute atomic E-state index is 0.135. The molecule has 1 heterocycles. The summed E-state index contributed by atoms with van der Waals surface area (Å²) in [6.45, 7) is 0.585. The Hall–Kier alpha value is -1.80. The number of ether oxygens (including phenoxy) is 1. The number of hydrogen-bond donors (Lipinski definition) is 1. The Bertz CT molecular complexity index is 659. The number of fused-ring (bicyclic) bond motifs is 1. The van der Waals surface area contributed by atoms with Gasteiger partial charge in [-0.3, -0.25) is 0 Å². The lowest BCUT2D eigenvalue weighted by Crippen LogP contribution is -2.24. The van der Waals surface area contributed by atoms with Crippen LogP contribution >= 0.6 is 0 Å². The fraction of sp³-hybridized carbons (Fsp3) is 0.400. The van der Waals surface area contributed by atoms with Crippen LogP contribution in [0.15, 0.2) is 42.5 Å². The van der Waals surface area contributed by atoms with Crippen molar-refractivity contribution in [3.8, 4) is 16.9 Å². The lowest BCUT2D eigenvalue weighted by molar-refractivity contribution is 0.242. The maximum atomic E-state index is 6.13. The topological polar surface area (TPSA) is 35.2 Å². The summed E-state index contributed by atoms with van der Waals surface area (Å²) in [4.78, 5) is 0. The van der Waals surface area contributed by atoms with Crippen molar-refractivity contribution in [2.75, 3.05) is 6.54 Å². The molecule has 0 bridgehead atoms. The Morgan fingerprint density at radius 2 is 1.82 bits per heavy atom. The van der Waals surface area contributed by atoms with Gasteiger partial charge in [0.15, 0.2) is 0 Å². The minimum atomic E-state index is 0.135. The zero-order valence-electron chi connectivity index (χ0n) is 12.9. The van der Waals surface area contributed by atoms with E-state index in [1.54, 1.807) is 0 Å². The molecule has 1 aliphatic carbocycles. The van der Waals surface area contributed by atoms with Crippen molar-refractivity contribution in [1.29, 1.82) is 0 Å². The van der Waals surface area contributed by atoms with Crippen molar-refractivity contribution in [1.82, 2.24) is 0 Å². The van der Waals surface area contributed by atoms with Crippen LogP contribution in [-0.2, 0) is 6.42 Å². The summed E-state index contributed by atoms with van der Waals surface area (Å²) in [6.07, 6.45) is 6.47. The number of hydrogen-bond acceptors (Lipinski definition) is 2. The summed E-state index contributed by atoms with van der Waals surface area (Å²) in [6, 6.07) is 15.4. The van der Waals surface area contributed by atoms with E-state index in [9.17, 15) is 0 Å². The molecule has 114 valence electrons. The largest absolute Gasteiger partial charge is 0.488 e. The Morgan fingerprint density at radius 1 is 1.05 bits per heavy atom. The van der Waals surface area contributed by atoms with Crippen LogP contribution in [0.1, 0.15) is 42.7 Å². The molecule has 2 aromatic rings. The second kappa shape index (κ2) is 5.77. The van der Waals surface area contributed by atoms with E-state index in [0.29, 0.717) is 6.54 Å². The molecule has 2 nitrogen and oxygen atoms in total. The summed E-state index contributed by atoms with van der Waals surface area (Å²) in [5.41, 5.74) is 11.2. The van der Waals surface area contributed by atoms with Gasteiger partial charge in [-0.25, -0.2) is 0 Å². The van der Waals surface area contributed by atoms with Crippen LogP contribution < -0.4 is 10.5 Å². The second-order valence-electron chi connectivity index (χ2n) is 6.58. The molecule has 0 saturated heterocycles. The first kappa shape index (κ1) is 13.8. The van der Waals surface area contributed by atoms with Crippen LogP contribution in [0, 0.1) is 0 Å². The third kappa shape index (κ3) is 2.42. The van der Waals surface area contributed by atoms with Crippen LogP contribution in [0.25, 0.3) is 11.1 Å². The third-order valence-corrected chi connectivity index (χ3v) is 5.09. The monoisotopic (exact) mass is 293 g/mol. The van der Waals surface area contributed by atoms with Gasteiger partial charge < -0.3 is 10.5 Å². The first-order valence-electron chi connectivity index (χ1n) is 8.44. The molecule has 0 spiro atoms. The van der Waals surface area contributed by atoms with Gasteiger partial charge in [-0.1, -0.05) is 49.2 Å². The Morgan fingerprint density at radius 3 is 2.55 bits per heavy atom. The molecule has 0 radical (unpaired) electrons. The molecule has 2 aliphatic rings. The van der Waals surface area contributed by atoms with Gasteiger partial charge in [0.2, 0.25) is 0 Å². The van der Waals surface area contributed by atoms with E-state index < -0.39 is 0 Å². The van der Waals surface area contributed by atoms with Crippen LogP contribution in [-0.4, -0.2) is 12.6 Å². The maximum Gasteiger partial charge on any atom is 0.130 e. The van der Waals surface area contributed by atoms with E-state index in [-0.39, 0.29) is 6.10 Å². The van der Waals surface area contributed by atoms with Crippen LogP contribution in [0.4, 0.5) is 0 Å². The van der Waals surface area contributed by atoms with E-state index in [1.807, 2.05) is 0 Å².